The third-order valence-corrected chi connectivity index (χ3v) is 8.25. The van der Waals surface area contributed by atoms with E-state index < -0.39 is 11.6 Å². The number of aromatic nitrogens is 6. The molecule has 0 saturated heterocycles. The van der Waals surface area contributed by atoms with Gasteiger partial charge in [-0.2, -0.15) is 9.97 Å². The van der Waals surface area contributed by atoms with Crippen LogP contribution in [-0.2, 0) is 0 Å². The second kappa shape index (κ2) is 19.5. The van der Waals surface area contributed by atoms with Crippen LogP contribution in [0.1, 0.15) is 0 Å². The highest BCUT2D eigenvalue weighted by Crippen LogP contribution is 2.28. The molecule has 0 aliphatic carbocycles. The summed E-state index contributed by atoms with van der Waals surface area (Å²) in [5, 5.41) is 9.15. The molecule has 2 heterocycles. The van der Waals surface area contributed by atoms with E-state index in [4.69, 9.17) is 39.8 Å². The Kier molecular flexibility index (Phi) is 13.8. The lowest BCUT2D eigenvalue weighted by Crippen LogP contribution is -2.01. The van der Waals surface area contributed by atoms with Crippen LogP contribution in [-0.4, -0.2) is 42.6 Å². The van der Waals surface area contributed by atoms with Crippen LogP contribution in [0.5, 0.6) is 5.75 Å². The lowest BCUT2D eigenvalue weighted by Gasteiger charge is -2.09. The van der Waals surface area contributed by atoms with Crippen molar-refractivity contribution in [2.24, 2.45) is 0 Å². The lowest BCUT2D eigenvalue weighted by molar-refractivity contribution is 0.432. The smallest absolute Gasteiger partial charge is 0.535 e. The van der Waals surface area contributed by atoms with Gasteiger partial charge in [0.1, 0.15) is 11.6 Å². The topological polar surface area (TPSA) is 107 Å². The van der Waals surface area contributed by atoms with Gasteiger partial charge in [0.2, 0.25) is 5.28 Å². The Bertz CT molecular complexity index is 2400. The zero-order valence-electron chi connectivity index (χ0n) is 29.0. The number of benzene rings is 6. The maximum absolute atomic E-state index is 14.4. The molecule has 14 heteroatoms. The molecule has 275 valence electrons. The van der Waals surface area contributed by atoms with Gasteiger partial charge in [0.25, 0.3) is 0 Å². The zero-order chi connectivity index (χ0) is 39.3. The van der Waals surface area contributed by atoms with E-state index in [1.165, 1.54) is 30.3 Å². The van der Waals surface area contributed by atoms with Crippen LogP contribution in [0.15, 0.2) is 158 Å². The van der Waals surface area contributed by atoms with Crippen LogP contribution in [0.4, 0.5) is 8.78 Å². The van der Waals surface area contributed by atoms with E-state index >= 15 is 0 Å². The molecule has 8 rings (SSSR count). The van der Waals surface area contributed by atoms with Gasteiger partial charge in [0.15, 0.2) is 34.9 Å². The van der Waals surface area contributed by atoms with E-state index in [2.05, 4.69) is 34.6 Å². The van der Waals surface area contributed by atoms with Crippen LogP contribution in [0, 0.1) is 11.6 Å². The van der Waals surface area contributed by atoms with Gasteiger partial charge in [-0.3, -0.25) is 0 Å². The van der Waals surface area contributed by atoms with Gasteiger partial charge in [0, 0.05) is 38.4 Å². The van der Waals surface area contributed by atoms with Crippen LogP contribution < -0.4 is 4.65 Å². The molecule has 0 aliphatic heterocycles. The van der Waals surface area contributed by atoms with Crippen LogP contribution in [0.3, 0.4) is 0 Å². The highest BCUT2D eigenvalue weighted by atomic mass is 35.5. The molecule has 0 fully saturated rings. The predicted octanol–water partition coefficient (Wildman–Crippen LogP) is 10.9. The minimum absolute atomic E-state index is 0.0972. The van der Waals surface area contributed by atoms with Crippen molar-refractivity contribution in [2.75, 3.05) is 0 Å². The normalized spacial score (nSPS) is 10.3. The van der Waals surface area contributed by atoms with Crippen molar-refractivity contribution in [1.82, 2.24) is 29.9 Å². The van der Waals surface area contributed by atoms with Crippen LogP contribution >= 0.6 is 34.8 Å². The molecule has 1 radical (unpaired) electrons. The Hall–Kier alpha value is -6.11. The Morgan fingerprint density at radius 3 is 1.20 bits per heavy atom. The summed E-state index contributed by atoms with van der Waals surface area (Å²) in [4.78, 5) is 26.3. The molecule has 8 nitrogen and oxygen atoms in total. The number of nitrogens with zero attached hydrogens (tertiary/aromatic N) is 6. The Morgan fingerprint density at radius 2 is 0.786 bits per heavy atom. The minimum Gasteiger partial charge on any atom is -0.535 e. The highest BCUT2D eigenvalue weighted by Gasteiger charge is 2.15. The molecule has 0 aliphatic rings. The first-order chi connectivity index (χ1) is 27.3. The summed E-state index contributed by atoms with van der Waals surface area (Å²) in [6.45, 7) is 0. The number of hydrogen-bond donors (Lipinski definition) is 1. The summed E-state index contributed by atoms with van der Waals surface area (Å²) < 4.78 is 31.4. The first-order valence-corrected chi connectivity index (χ1v) is 17.8. The largest absolute Gasteiger partial charge is 0.569 e. The van der Waals surface area contributed by atoms with Gasteiger partial charge < -0.3 is 9.68 Å². The van der Waals surface area contributed by atoms with Crippen LogP contribution in [0.25, 0.3) is 56.9 Å². The predicted molar refractivity (Wildman–Crippen MR) is 217 cm³/mol. The molecule has 6 aromatic carbocycles. The van der Waals surface area contributed by atoms with Gasteiger partial charge >= 0.3 is 7.69 Å². The minimum atomic E-state index is -0.570. The Balaban J connectivity index is 0.000000155. The average molecular weight is 803 g/mol. The summed E-state index contributed by atoms with van der Waals surface area (Å²) in [7, 11) is 0.398. The van der Waals surface area contributed by atoms with Crippen molar-refractivity contribution < 1.29 is 18.5 Å². The molecule has 0 unspecified atom stereocenters. The first kappa shape index (κ1) is 39.6. The summed E-state index contributed by atoms with van der Waals surface area (Å²) in [5.41, 5.74) is 3.74. The zero-order valence-corrected chi connectivity index (χ0v) is 31.3. The van der Waals surface area contributed by atoms with Gasteiger partial charge in [-0.25, -0.2) is 28.7 Å². The second-order valence-corrected chi connectivity index (χ2v) is 12.7. The van der Waals surface area contributed by atoms with Crippen molar-refractivity contribution in [1.29, 1.82) is 0 Å². The van der Waals surface area contributed by atoms with Crippen molar-refractivity contribution in [3.63, 3.8) is 0 Å². The third-order valence-electron chi connectivity index (χ3n) is 7.61. The first-order valence-electron chi connectivity index (χ1n) is 16.7. The molecule has 0 bridgehead atoms. The molecule has 1 N–H and O–H groups in total. The SMILES string of the molecule is Clc1nc(-c2ccccc2)nc(-c2ccccc2)n1.Fc1ccc(Cl)cc1-c1nc(-c2ccccc2)nc(-c2ccccc2)n1.O[B]Oc1cc(Cl)ccc1F. The van der Waals surface area contributed by atoms with Crippen LogP contribution in [0.2, 0.25) is 15.3 Å². The average Bonchev–Trinajstić information content (AvgIpc) is 3.24. The van der Waals surface area contributed by atoms with E-state index in [9.17, 15) is 8.78 Å². The Labute approximate surface area is 336 Å². The fourth-order valence-corrected chi connectivity index (χ4v) is 5.50. The molecule has 0 atom stereocenters. The van der Waals surface area contributed by atoms with Gasteiger partial charge in [-0.15, -0.1) is 0 Å². The lowest BCUT2D eigenvalue weighted by atomic mass is 10.1. The Morgan fingerprint density at radius 1 is 0.429 bits per heavy atom. The standard InChI is InChI=1S/C21H13ClFN3.C15H10ClN3.C6H4BClFO2/c22-16-11-12-18(23)17(13-16)21-25-19(14-7-3-1-4-8-14)24-20(26-21)15-9-5-2-6-10-15;16-15-18-13(11-7-3-1-4-8-11)17-14(19-15)12-9-5-2-6-10-12;8-4-1-2-5(9)6(3-4)11-7-10/h1-13H;1-10H;1-3,10H. The van der Waals surface area contributed by atoms with E-state index in [-0.39, 0.29) is 22.4 Å². The van der Waals surface area contributed by atoms with Crippen molar-refractivity contribution >= 4 is 42.5 Å². The third kappa shape index (κ3) is 10.8. The summed E-state index contributed by atoms with van der Waals surface area (Å²) in [6.07, 6.45) is 0. The van der Waals surface area contributed by atoms with Crippen molar-refractivity contribution in [2.45, 2.75) is 0 Å². The van der Waals surface area contributed by atoms with E-state index in [0.29, 0.717) is 41.0 Å². The molecular weight excluding hydrogens is 776 g/mol. The molecule has 8 aromatic rings. The maximum Gasteiger partial charge on any atom is 0.569 e. The molecular formula is C42H27BCl3F2N6O2. The second-order valence-electron chi connectivity index (χ2n) is 11.4. The molecule has 0 spiro atoms. The van der Waals surface area contributed by atoms with Crippen molar-refractivity contribution in [3.05, 3.63) is 185 Å². The monoisotopic (exact) mass is 801 g/mol. The number of rotatable bonds is 7. The van der Waals surface area contributed by atoms with Crippen molar-refractivity contribution in [3.8, 4) is 62.7 Å². The van der Waals surface area contributed by atoms with Gasteiger partial charge in [-0.1, -0.05) is 145 Å². The fourth-order valence-electron chi connectivity index (χ4n) is 5.00. The fraction of sp³-hybridized carbons (Fsp3) is 0. The maximum atomic E-state index is 14.4. The van der Waals surface area contributed by atoms with E-state index in [1.807, 2.05) is 121 Å². The summed E-state index contributed by atoms with van der Waals surface area (Å²) >= 11 is 17.5. The molecule has 2 aromatic heterocycles. The van der Waals surface area contributed by atoms with E-state index in [1.54, 1.807) is 0 Å². The summed E-state index contributed by atoms with van der Waals surface area (Å²) in [5.74, 6) is 1.28. The highest BCUT2D eigenvalue weighted by molar-refractivity contribution is 6.31. The molecule has 0 amide bonds. The number of hydrogen-bond acceptors (Lipinski definition) is 8. The summed E-state index contributed by atoms with van der Waals surface area (Å²) in [6, 6.07) is 46.6. The van der Waals surface area contributed by atoms with Gasteiger partial charge in [0.05, 0.1) is 5.56 Å². The van der Waals surface area contributed by atoms with Gasteiger partial charge in [-0.05, 0) is 41.9 Å². The molecule has 0 saturated carbocycles. The van der Waals surface area contributed by atoms with E-state index in [0.717, 1.165) is 28.3 Å². The number of halogens is 5. The quantitative estimate of drug-likeness (QED) is 0.159. The molecule has 56 heavy (non-hydrogen) atoms.